The Bertz CT molecular complexity index is 1260. The maximum absolute atomic E-state index is 13.0. The molecule has 10 heteroatoms. The molecular formula is C20H23ClN4O4S. The van der Waals surface area contributed by atoms with Crippen molar-refractivity contribution in [2.75, 3.05) is 6.61 Å². The number of hydrogen-bond donors (Lipinski definition) is 1. The fourth-order valence-corrected chi connectivity index (χ4v) is 4.80. The average Bonchev–Trinajstić information content (AvgIpc) is 3.05. The van der Waals surface area contributed by atoms with Crippen molar-refractivity contribution in [3.8, 4) is 17.1 Å². The Morgan fingerprint density at radius 3 is 2.67 bits per heavy atom. The molecule has 0 bridgehead atoms. The van der Waals surface area contributed by atoms with Gasteiger partial charge in [-0.2, -0.15) is 5.10 Å². The lowest BCUT2D eigenvalue weighted by molar-refractivity contribution is 0.336. The molecule has 0 amide bonds. The molecule has 30 heavy (non-hydrogen) atoms. The summed E-state index contributed by atoms with van der Waals surface area (Å²) in [5.74, 6) is 0.569. The minimum Gasteiger partial charge on any atom is -0.493 e. The molecule has 1 aliphatic rings. The minimum atomic E-state index is -3.91. The first-order valence-electron chi connectivity index (χ1n) is 10.0. The van der Waals surface area contributed by atoms with Crippen LogP contribution in [0.3, 0.4) is 0 Å². The Kier molecular flexibility index (Phi) is 5.59. The van der Waals surface area contributed by atoms with Crippen LogP contribution < -0.4 is 10.3 Å². The number of aromatic nitrogens is 4. The van der Waals surface area contributed by atoms with E-state index in [4.69, 9.17) is 15.4 Å². The van der Waals surface area contributed by atoms with Crippen LogP contribution in [0.4, 0.5) is 0 Å². The van der Waals surface area contributed by atoms with Gasteiger partial charge in [0, 0.05) is 16.7 Å². The van der Waals surface area contributed by atoms with E-state index < -0.39 is 9.05 Å². The van der Waals surface area contributed by atoms with E-state index in [0.29, 0.717) is 34.7 Å². The molecule has 8 nitrogen and oxygen atoms in total. The van der Waals surface area contributed by atoms with Gasteiger partial charge in [0.2, 0.25) is 0 Å². The zero-order valence-electron chi connectivity index (χ0n) is 16.8. The van der Waals surface area contributed by atoms with Gasteiger partial charge in [-0.05, 0) is 38.8 Å². The van der Waals surface area contributed by atoms with Crippen molar-refractivity contribution < 1.29 is 13.2 Å². The zero-order valence-corrected chi connectivity index (χ0v) is 18.4. The minimum absolute atomic E-state index is 0.0823. The van der Waals surface area contributed by atoms with Crippen molar-refractivity contribution in [1.29, 1.82) is 0 Å². The van der Waals surface area contributed by atoms with Crippen LogP contribution in [-0.4, -0.2) is 34.8 Å². The van der Waals surface area contributed by atoms with Crippen LogP contribution in [0, 0.1) is 6.92 Å². The number of aromatic amines is 1. The first-order chi connectivity index (χ1) is 14.3. The smallest absolute Gasteiger partial charge is 0.277 e. The second-order valence-corrected chi connectivity index (χ2v) is 10.0. The summed E-state index contributed by atoms with van der Waals surface area (Å²) in [5, 5.41) is 4.62. The number of nitrogens with zero attached hydrogens (tertiary/aromatic N) is 3. The van der Waals surface area contributed by atoms with Crippen LogP contribution in [0.15, 0.2) is 27.9 Å². The Hall–Kier alpha value is -2.39. The Morgan fingerprint density at radius 1 is 1.27 bits per heavy atom. The Morgan fingerprint density at radius 2 is 2.00 bits per heavy atom. The quantitative estimate of drug-likeness (QED) is 0.590. The molecule has 0 saturated heterocycles. The molecule has 4 rings (SSSR count). The molecule has 1 N–H and O–H groups in total. The van der Waals surface area contributed by atoms with Crippen LogP contribution in [0.2, 0.25) is 0 Å². The summed E-state index contributed by atoms with van der Waals surface area (Å²) in [6.45, 7) is 3.93. The predicted octanol–water partition coefficient (Wildman–Crippen LogP) is 3.93. The van der Waals surface area contributed by atoms with E-state index in [-0.39, 0.29) is 22.2 Å². The summed E-state index contributed by atoms with van der Waals surface area (Å²) in [4.78, 5) is 20.4. The van der Waals surface area contributed by atoms with Gasteiger partial charge in [-0.15, -0.1) is 0 Å². The Balaban J connectivity index is 1.86. The molecular weight excluding hydrogens is 428 g/mol. The number of fused-ring (bicyclic) bond motifs is 1. The summed E-state index contributed by atoms with van der Waals surface area (Å²) in [7, 11) is 1.55. The number of halogens is 1. The van der Waals surface area contributed by atoms with Crippen molar-refractivity contribution in [3.05, 3.63) is 34.2 Å². The maximum atomic E-state index is 13.0. The lowest BCUT2D eigenvalue weighted by Crippen LogP contribution is -2.19. The molecule has 0 unspecified atom stereocenters. The van der Waals surface area contributed by atoms with Gasteiger partial charge in [-0.1, -0.05) is 19.3 Å². The maximum Gasteiger partial charge on any atom is 0.277 e. The summed E-state index contributed by atoms with van der Waals surface area (Å²) in [5.41, 5.74) is 1.89. The molecule has 2 aromatic heterocycles. The number of ether oxygens (including phenoxy) is 1. The van der Waals surface area contributed by atoms with E-state index in [1.165, 1.54) is 24.6 Å². The van der Waals surface area contributed by atoms with Crippen molar-refractivity contribution >= 4 is 30.8 Å². The van der Waals surface area contributed by atoms with Gasteiger partial charge in [-0.25, -0.2) is 13.4 Å². The highest BCUT2D eigenvalue weighted by Crippen LogP contribution is 2.33. The first kappa shape index (κ1) is 20.9. The second-order valence-electron chi connectivity index (χ2n) is 7.46. The number of hydrogen-bond acceptors (Lipinski definition) is 6. The zero-order chi connectivity index (χ0) is 21.5. The van der Waals surface area contributed by atoms with Crippen LogP contribution in [0.1, 0.15) is 50.8 Å². The normalized spacial score (nSPS) is 15.6. The van der Waals surface area contributed by atoms with E-state index in [1.54, 1.807) is 6.92 Å². The third-order valence-electron chi connectivity index (χ3n) is 5.43. The largest absolute Gasteiger partial charge is 0.493 e. The van der Waals surface area contributed by atoms with Crippen LogP contribution in [0.25, 0.3) is 22.4 Å². The molecule has 2 heterocycles. The highest BCUT2D eigenvalue weighted by Gasteiger charge is 2.23. The predicted molar refractivity (Wildman–Crippen MR) is 115 cm³/mol. The van der Waals surface area contributed by atoms with Crippen molar-refractivity contribution in [1.82, 2.24) is 19.7 Å². The van der Waals surface area contributed by atoms with Gasteiger partial charge in [0.15, 0.2) is 5.52 Å². The number of nitrogens with one attached hydrogen (secondary N) is 1. The van der Waals surface area contributed by atoms with Crippen molar-refractivity contribution in [3.63, 3.8) is 0 Å². The molecule has 1 fully saturated rings. The van der Waals surface area contributed by atoms with Crippen LogP contribution in [-0.2, 0) is 9.05 Å². The molecule has 3 aromatic rings. The number of H-pyrrole nitrogens is 1. The lowest BCUT2D eigenvalue weighted by atomic mass is 9.95. The molecule has 1 aliphatic carbocycles. The highest BCUT2D eigenvalue weighted by atomic mass is 35.7. The highest BCUT2D eigenvalue weighted by molar-refractivity contribution is 8.13. The summed E-state index contributed by atoms with van der Waals surface area (Å²) < 4.78 is 30.8. The second kappa shape index (κ2) is 8.03. The van der Waals surface area contributed by atoms with Gasteiger partial charge in [0.1, 0.15) is 17.1 Å². The fourth-order valence-electron chi connectivity index (χ4n) is 4.03. The van der Waals surface area contributed by atoms with Crippen molar-refractivity contribution in [2.45, 2.75) is 56.9 Å². The van der Waals surface area contributed by atoms with Crippen LogP contribution in [0.5, 0.6) is 5.75 Å². The third kappa shape index (κ3) is 3.83. The summed E-state index contributed by atoms with van der Waals surface area (Å²) in [6, 6.07) is 4.44. The standard InChI is InChI=1S/C20H23ClN4O4S/c1-3-29-16-11-14(30(21,27)28)9-10-15(16)19-22-17-12(2)24-25(18(17)20(26)23-19)13-7-5-4-6-8-13/h9-11,13H,3-8H2,1-2H3,(H,22,23,26). The van der Waals surface area contributed by atoms with Crippen molar-refractivity contribution in [2.24, 2.45) is 0 Å². The summed E-state index contributed by atoms with van der Waals surface area (Å²) in [6.07, 6.45) is 5.46. The van der Waals surface area contributed by atoms with Crippen LogP contribution >= 0.6 is 10.7 Å². The lowest BCUT2D eigenvalue weighted by Gasteiger charge is -2.22. The molecule has 1 aromatic carbocycles. The van der Waals surface area contributed by atoms with E-state index in [2.05, 4.69) is 15.1 Å². The molecule has 0 spiro atoms. The molecule has 0 atom stereocenters. The first-order valence-corrected chi connectivity index (χ1v) is 12.3. The molecule has 0 aliphatic heterocycles. The van der Waals surface area contributed by atoms with E-state index in [1.807, 2.05) is 11.6 Å². The molecule has 1 saturated carbocycles. The molecule has 160 valence electrons. The van der Waals surface area contributed by atoms with Gasteiger partial charge in [-0.3, -0.25) is 9.48 Å². The number of rotatable bonds is 5. The summed E-state index contributed by atoms with van der Waals surface area (Å²) >= 11 is 0. The monoisotopic (exact) mass is 450 g/mol. The average molecular weight is 451 g/mol. The topological polar surface area (TPSA) is 107 Å². The van der Waals surface area contributed by atoms with E-state index in [9.17, 15) is 13.2 Å². The van der Waals surface area contributed by atoms with Gasteiger partial charge in [0.25, 0.3) is 14.6 Å². The number of aryl methyl sites for hydroxylation is 1. The van der Waals surface area contributed by atoms with E-state index in [0.717, 1.165) is 25.7 Å². The van der Waals surface area contributed by atoms with E-state index >= 15 is 0 Å². The SMILES string of the molecule is CCOc1cc(S(=O)(=O)Cl)ccc1-c1nc2c(C)nn(C3CCCCC3)c2c(=O)[nH]1. The fraction of sp³-hybridized carbons (Fsp3) is 0.450. The van der Waals surface area contributed by atoms with Gasteiger partial charge >= 0.3 is 0 Å². The molecule has 0 radical (unpaired) electrons. The third-order valence-corrected chi connectivity index (χ3v) is 6.79. The van der Waals surface area contributed by atoms with Gasteiger partial charge in [0.05, 0.1) is 28.8 Å². The van der Waals surface area contributed by atoms with Gasteiger partial charge < -0.3 is 9.72 Å². The Labute approximate surface area is 178 Å². The number of benzene rings is 1.